The molecular weight excluding hydrogens is 270 g/mol. The van der Waals surface area contributed by atoms with Crippen LogP contribution in [0.15, 0.2) is 29.2 Å². The van der Waals surface area contributed by atoms with Crippen LogP contribution in [-0.4, -0.2) is 54.8 Å². The van der Waals surface area contributed by atoms with Gasteiger partial charge in [0.1, 0.15) is 10.6 Å². The standard InChI is InChI=1S/C12H17NO5S/c1-9-8-18-10(7-14)6-13(9)19(16,17)12-5-3-2-4-11(12)15/h2-5,9-10,14-15H,6-8H2,1H3. The van der Waals surface area contributed by atoms with E-state index < -0.39 is 16.1 Å². The Kier molecular flexibility index (Phi) is 4.10. The highest BCUT2D eigenvalue weighted by atomic mass is 32.2. The first-order valence-electron chi connectivity index (χ1n) is 5.99. The number of morpholine rings is 1. The first-order valence-corrected chi connectivity index (χ1v) is 7.43. The number of ether oxygens (including phenoxy) is 1. The molecule has 7 heteroatoms. The second-order valence-electron chi connectivity index (χ2n) is 4.53. The topological polar surface area (TPSA) is 87.1 Å². The first-order chi connectivity index (χ1) is 8.96. The summed E-state index contributed by atoms with van der Waals surface area (Å²) in [6, 6.07) is 5.48. The number of hydrogen-bond donors (Lipinski definition) is 2. The van der Waals surface area contributed by atoms with Gasteiger partial charge in [0.2, 0.25) is 10.0 Å². The maximum atomic E-state index is 12.5. The minimum atomic E-state index is -3.79. The molecule has 0 spiro atoms. The van der Waals surface area contributed by atoms with Crippen LogP contribution in [0.25, 0.3) is 0 Å². The SMILES string of the molecule is CC1COC(CO)CN1S(=O)(=O)c1ccccc1O. The van der Waals surface area contributed by atoms with Crippen molar-refractivity contribution in [1.29, 1.82) is 0 Å². The smallest absolute Gasteiger partial charge is 0.247 e. The molecule has 19 heavy (non-hydrogen) atoms. The molecule has 1 aromatic carbocycles. The number of phenolic OH excluding ortho intramolecular Hbond substituents is 1. The van der Waals surface area contributed by atoms with Crippen LogP contribution in [0.2, 0.25) is 0 Å². The van der Waals surface area contributed by atoms with Gasteiger partial charge in [0, 0.05) is 12.6 Å². The number of para-hydroxylation sites is 1. The fourth-order valence-electron chi connectivity index (χ4n) is 2.04. The third-order valence-electron chi connectivity index (χ3n) is 3.10. The first kappa shape index (κ1) is 14.3. The van der Waals surface area contributed by atoms with E-state index in [1.54, 1.807) is 19.1 Å². The minimum absolute atomic E-state index is 0.0777. The van der Waals surface area contributed by atoms with Gasteiger partial charge in [-0.15, -0.1) is 0 Å². The van der Waals surface area contributed by atoms with Crippen LogP contribution in [-0.2, 0) is 14.8 Å². The Bertz CT molecular complexity index is 545. The van der Waals surface area contributed by atoms with Crippen LogP contribution in [0, 0.1) is 0 Å². The molecule has 0 aromatic heterocycles. The molecule has 1 heterocycles. The highest BCUT2D eigenvalue weighted by Gasteiger charge is 2.36. The van der Waals surface area contributed by atoms with Crippen molar-refractivity contribution in [3.63, 3.8) is 0 Å². The van der Waals surface area contributed by atoms with Crippen LogP contribution >= 0.6 is 0 Å². The average Bonchev–Trinajstić information content (AvgIpc) is 2.39. The van der Waals surface area contributed by atoms with Crippen molar-refractivity contribution in [1.82, 2.24) is 4.31 Å². The summed E-state index contributed by atoms with van der Waals surface area (Å²) in [4.78, 5) is -0.125. The van der Waals surface area contributed by atoms with Gasteiger partial charge in [-0.25, -0.2) is 8.42 Å². The highest BCUT2D eigenvalue weighted by molar-refractivity contribution is 7.89. The molecule has 1 saturated heterocycles. The van der Waals surface area contributed by atoms with E-state index in [4.69, 9.17) is 9.84 Å². The summed E-state index contributed by atoms with van der Waals surface area (Å²) in [5.74, 6) is -0.276. The van der Waals surface area contributed by atoms with E-state index >= 15 is 0 Å². The zero-order valence-electron chi connectivity index (χ0n) is 10.6. The molecular formula is C12H17NO5S. The molecule has 0 aliphatic carbocycles. The quantitative estimate of drug-likeness (QED) is 0.827. The van der Waals surface area contributed by atoms with Gasteiger partial charge in [-0.05, 0) is 19.1 Å². The molecule has 106 valence electrons. The molecule has 1 aromatic rings. The Morgan fingerprint density at radius 2 is 2.11 bits per heavy atom. The summed E-state index contributed by atoms with van der Waals surface area (Å²) in [7, 11) is -3.79. The second-order valence-corrected chi connectivity index (χ2v) is 6.39. The molecule has 1 fully saturated rings. The molecule has 0 radical (unpaired) electrons. The molecule has 0 saturated carbocycles. The van der Waals surface area contributed by atoms with E-state index in [9.17, 15) is 13.5 Å². The number of rotatable bonds is 3. The van der Waals surface area contributed by atoms with Crippen molar-refractivity contribution >= 4 is 10.0 Å². The molecule has 1 aliphatic rings. The number of phenols is 1. The van der Waals surface area contributed by atoms with Crippen molar-refractivity contribution in [2.24, 2.45) is 0 Å². The lowest BCUT2D eigenvalue weighted by molar-refractivity contribution is -0.0516. The molecule has 1 aliphatic heterocycles. The predicted molar refractivity (Wildman–Crippen MR) is 68.3 cm³/mol. The zero-order valence-corrected chi connectivity index (χ0v) is 11.4. The van der Waals surface area contributed by atoms with Crippen molar-refractivity contribution < 1.29 is 23.4 Å². The maximum absolute atomic E-state index is 12.5. The number of benzene rings is 1. The fourth-order valence-corrected chi connectivity index (χ4v) is 3.77. The average molecular weight is 287 g/mol. The summed E-state index contributed by atoms with van der Waals surface area (Å²) < 4.78 is 31.6. The van der Waals surface area contributed by atoms with Gasteiger partial charge >= 0.3 is 0 Å². The third-order valence-corrected chi connectivity index (χ3v) is 5.13. The normalized spacial score (nSPS) is 25.4. The lowest BCUT2D eigenvalue weighted by Gasteiger charge is -2.36. The molecule has 2 unspecified atom stereocenters. The van der Waals surface area contributed by atoms with Gasteiger partial charge in [-0.2, -0.15) is 4.31 Å². The number of hydrogen-bond acceptors (Lipinski definition) is 5. The van der Waals surface area contributed by atoms with Gasteiger partial charge in [0.15, 0.2) is 0 Å². The number of aromatic hydroxyl groups is 1. The Morgan fingerprint density at radius 1 is 1.42 bits per heavy atom. The summed E-state index contributed by atoms with van der Waals surface area (Å²) in [6.45, 7) is 1.79. The van der Waals surface area contributed by atoms with Crippen LogP contribution < -0.4 is 0 Å². The lowest BCUT2D eigenvalue weighted by atomic mass is 10.2. The molecule has 0 amide bonds. The van der Waals surface area contributed by atoms with E-state index in [-0.39, 0.29) is 36.4 Å². The molecule has 2 rings (SSSR count). The van der Waals surface area contributed by atoms with Gasteiger partial charge in [0.25, 0.3) is 0 Å². The van der Waals surface area contributed by atoms with E-state index in [1.807, 2.05) is 0 Å². The van der Waals surface area contributed by atoms with Gasteiger partial charge < -0.3 is 14.9 Å². The highest BCUT2D eigenvalue weighted by Crippen LogP contribution is 2.28. The molecule has 6 nitrogen and oxygen atoms in total. The summed E-state index contributed by atoms with van der Waals surface area (Å²) >= 11 is 0. The van der Waals surface area contributed by atoms with E-state index in [0.717, 1.165) is 0 Å². The third kappa shape index (κ3) is 2.74. The molecule has 2 N–H and O–H groups in total. The van der Waals surface area contributed by atoms with E-state index in [0.29, 0.717) is 0 Å². The second kappa shape index (κ2) is 5.46. The van der Waals surface area contributed by atoms with E-state index in [2.05, 4.69) is 0 Å². The van der Waals surface area contributed by atoms with Gasteiger partial charge in [-0.1, -0.05) is 12.1 Å². The van der Waals surface area contributed by atoms with E-state index in [1.165, 1.54) is 16.4 Å². The zero-order chi connectivity index (χ0) is 14.0. The minimum Gasteiger partial charge on any atom is -0.507 e. The van der Waals surface area contributed by atoms with Crippen LogP contribution in [0.4, 0.5) is 0 Å². The molecule has 0 bridgehead atoms. The van der Waals surface area contributed by atoms with Crippen molar-refractivity contribution in [3.8, 4) is 5.75 Å². The lowest BCUT2D eigenvalue weighted by Crippen LogP contribution is -2.51. The largest absolute Gasteiger partial charge is 0.507 e. The summed E-state index contributed by atoms with van der Waals surface area (Å²) in [6.07, 6.45) is -0.531. The van der Waals surface area contributed by atoms with Gasteiger partial charge in [0.05, 0.1) is 19.3 Å². The van der Waals surface area contributed by atoms with Crippen LogP contribution in [0.5, 0.6) is 5.75 Å². The number of aliphatic hydroxyl groups excluding tert-OH is 1. The molecule has 2 atom stereocenters. The van der Waals surface area contributed by atoms with Crippen molar-refractivity contribution in [3.05, 3.63) is 24.3 Å². The Morgan fingerprint density at radius 3 is 2.74 bits per heavy atom. The summed E-state index contributed by atoms with van der Waals surface area (Å²) in [5, 5.41) is 18.8. The number of aliphatic hydroxyl groups is 1. The summed E-state index contributed by atoms with van der Waals surface area (Å²) in [5.41, 5.74) is 0. The Hall–Kier alpha value is -1.15. The predicted octanol–water partition coefficient (Wildman–Crippen LogP) is 0.162. The van der Waals surface area contributed by atoms with Crippen molar-refractivity contribution in [2.75, 3.05) is 19.8 Å². The fraction of sp³-hybridized carbons (Fsp3) is 0.500. The van der Waals surface area contributed by atoms with Crippen molar-refractivity contribution in [2.45, 2.75) is 24.0 Å². The van der Waals surface area contributed by atoms with Crippen LogP contribution in [0.3, 0.4) is 0 Å². The Labute approximate surface area is 112 Å². The van der Waals surface area contributed by atoms with Crippen LogP contribution in [0.1, 0.15) is 6.92 Å². The maximum Gasteiger partial charge on any atom is 0.247 e. The van der Waals surface area contributed by atoms with Gasteiger partial charge in [-0.3, -0.25) is 0 Å². The number of sulfonamides is 1. The number of nitrogens with zero attached hydrogens (tertiary/aromatic N) is 1. The monoisotopic (exact) mass is 287 g/mol. The Balaban J connectivity index is 2.36.